The molecule has 0 atom stereocenters. The summed E-state index contributed by atoms with van der Waals surface area (Å²) in [5.41, 5.74) is 3.46. The highest BCUT2D eigenvalue weighted by Gasteiger charge is 2.01. The van der Waals surface area contributed by atoms with Gasteiger partial charge < -0.3 is 10.3 Å². The molecule has 2 rings (SSSR count). The van der Waals surface area contributed by atoms with Crippen LogP contribution < -0.4 is 5.32 Å². The minimum atomic E-state index is 0.813. The summed E-state index contributed by atoms with van der Waals surface area (Å²) in [6.07, 6.45) is 4.54. The lowest BCUT2D eigenvalue weighted by Crippen LogP contribution is -2.18. The monoisotopic (exact) mass is 219 g/mol. The van der Waals surface area contributed by atoms with Crippen molar-refractivity contribution in [2.75, 3.05) is 6.54 Å². The third kappa shape index (κ3) is 2.49. The Morgan fingerprint density at radius 1 is 1.50 bits per heavy atom. The highest BCUT2D eigenvalue weighted by atomic mass is 15.3. The molecule has 0 saturated heterocycles. The van der Waals surface area contributed by atoms with Crippen LogP contribution in [0.25, 0.3) is 0 Å². The molecular weight excluding hydrogens is 202 g/mol. The largest absolute Gasteiger partial charge is 0.348 e. The van der Waals surface area contributed by atoms with Gasteiger partial charge in [0.2, 0.25) is 0 Å². The fourth-order valence-electron chi connectivity index (χ4n) is 1.64. The lowest BCUT2D eigenvalue weighted by Gasteiger charge is -2.04. The van der Waals surface area contributed by atoms with Crippen LogP contribution in [0.3, 0.4) is 0 Å². The molecule has 2 N–H and O–H groups in total. The van der Waals surface area contributed by atoms with Gasteiger partial charge in [-0.05, 0) is 13.0 Å². The van der Waals surface area contributed by atoms with Crippen molar-refractivity contribution in [3.05, 3.63) is 35.7 Å². The first-order valence-electron chi connectivity index (χ1n) is 5.44. The van der Waals surface area contributed by atoms with Gasteiger partial charge in [-0.25, -0.2) is 4.98 Å². The number of aromatic nitrogens is 4. The highest BCUT2D eigenvalue weighted by Crippen LogP contribution is 2.00. The van der Waals surface area contributed by atoms with Crippen LogP contribution in [0.15, 0.2) is 18.6 Å². The van der Waals surface area contributed by atoms with Crippen LogP contribution in [-0.2, 0) is 20.0 Å². The van der Waals surface area contributed by atoms with Crippen LogP contribution in [0.1, 0.15) is 17.1 Å². The quantitative estimate of drug-likeness (QED) is 0.731. The van der Waals surface area contributed by atoms with E-state index in [1.807, 2.05) is 30.9 Å². The number of aromatic amines is 1. The Morgan fingerprint density at radius 2 is 2.38 bits per heavy atom. The number of nitrogens with one attached hydrogen (secondary N) is 2. The molecule has 0 unspecified atom stereocenters. The summed E-state index contributed by atoms with van der Waals surface area (Å²) < 4.78 is 1.90. The summed E-state index contributed by atoms with van der Waals surface area (Å²) in [6.45, 7) is 3.78. The summed E-state index contributed by atoms with van der Waals surface area (Å²) in [7, 11) is 1.97. The van der Waals surface area contributed by atoms with E-state index in [0.29, 0.717) is 0 Å². The maximum atomic E-state index is 4.23. The molecule has 0 aliphatic carbocycles. The van der Waals surface area contributed by atoms with Gasteiger partial charge >= 0.3 is 0 Å². The van der Waals surface area contributed by atoms with Crippen molar-refractivity contribution in [1.29, 1.82) is 0 Å². The average Bonchev–Trinajstić information content (AvgIpc) is 2.84. The normalized spacial score (nSPS) is 10.9. The third-order valence-electron chi connectivity index (χ3n) is 2.71. The lowest BCUT2D eigenvalue weighted by atomic mass is 10.3. The Kier molecular flexibility index (Phi) is 3.36. The predicted octanol–water partition coefficient (Wildman–Crippen LogP) is 0.784. The minimum Gasteiger partial charge on any atom is -0.348 e. The van der Waals surface area contributed by atoms with Crippen molar-refractivity contribution in [3.8, 4) is 0 Å². The van der Waals surface area contributed by atoms with E-state index in [4.69, 9.17) is 0 Å². The van der Waals surface area contributed by atoms with Gasteiger partial charge in [0.1, 0.15) is 0 Å². The maximum Gasteiger partial charge on any atom is 0.0925 e. The third-order valence-corrected chi connectivity index (χ3v) is 2.71. The molecule has 5 nitrogen and oxygen atoms in total. The van der Waals surface area contributed by atoms with Crippen molar-refractivity contribution in [2.45, 2.75) is 19.9 Å². The van der Waals surface area contributed by atoms with E-state index in [1.54, 1.807) is 6.33 Å². The van der Waals surface area contributed by atoms with E-state index < -0.39 is 0 Å². The van der Waals surface area contributed by atoms with E-state index in [9.17, 15) is 0 Å². The number of H-pyrrole nitrogens is 1. The molecule has 2 heterocycles. The highest BCUT2D eigenvalue weighted by molar-refractivity contribution is 5.08. The van der Waals surface area contributed by atoms with Crippen molar-refractivity contribution in [1.82, 2.24) is 25.1 Å². The number of hydrogen-bond acceptors (Lipinski definition) is 3. The van der Waals surface area contributed by atoms with Gasteiger partial charge in [0.05, 0.1) is 12.0 Å². The van der Waals surface area contributed by atoms with Gasteiger partial charge in [0.15, 0.2) is 0 Å². The summed E-state index contributed by atoms with van der Waals surface area (Å²) in [5.74, 6) is 0. The minimum absolute atomic E-state index is 0.813. The second kappa shape index (κ2) is 4.94. The Balaban J connectivity index is 1.74. The molecule has 86 valence electrons. The van der Waals surface area contributed by atoms with Gasteiger partial charge in [-0.1, -0.05) is 0 Å². The zero-order chi connectivity index (χ0) is 11.4. The van der Waals surface area contributed by atoms with Crippen molar-refractivity contribution < 1.29 is 0 Å². The van der Waals surface area contributed by atoms with E-state index in [0.717, 1.165) is 30.9 Å². The zero-order valence-corrected chi connectivity index (χ0v) is 9.70. The fraction of sp³-hybridized carbons (Fsp3) is 0.455. The van der Waals surface area contributed by atoms with Gasteiger partial charge in [0.25, 0.3) is 0 Å². The molecule has 0 saturated carbocycles. The van der Waals surface area contributed by atoms with Gasteiger partial charge in [-0.15, -0.1) is 0 Å². The van der Waals surface area contributed by atoms with Gasteiger partial charge in [-0.2, -0.15) is 5.10 Å². The molecule has 2 aromatic rings. The number of rotatable bonds is 5. The zero-order valence-electron chi connectivity index (χ0n) is 9.70. The standard InChI is InChI=1S/C11H17N5/c1-9-11(14-8-13-9)7-12-5-3-10-4-6-15-16(10)2/h4,6,8,12H,3,5,7H2,1-2H3,(H,13,14). The summed E-state index contributed by atoms with van der Waals surface area (Å²) in [4.78, 5) is 7.30. The number of hydrogen-bond donors (Lipinski definition) is 2. The number of nitrogens with zero attached hydrogens (tertiary/aromatic N) is 3. The van der Waals surface area contributed by atoms with Crippen LogP contribution in [0.5, 0.6) is 0 Å². The van der Waals surface area contributed by atoms with Crippen LogP contribution in [0.2, 0.25) is 0 Å². The number of aryl methyl sites for hydroxylation is 2. The maximum absolute atomic E-state index is 4.23. The molecule has 0 radical (unpaired) electrons. The fourth-order valence-corrected chi connectivity index (χ4v) is 1.64. The van der Waals surface area contributed by atoms with Crippen LogP contribution in [0, 0.1) is 6.92 Å². The lowest BCUT2D eigenvalue weighted by molar-refractivity contribution is 0.636. The molecule has 5 heteroatoms. The SMILES string of the molecule is Cc1[nH]cnc1CNCCc1ccnn1C. The molecule has 0 amide bonds. The topological polar surface area (TPSA) is 58.5 Å². The van der Waals surface area contributed by atoms with Gasteiger partial charge in [-0.3, -0.25) is 4.68 Å². The van der Waals surface area contributed by atoms with Crippen molar-refractivity contribution in [3.63, 3.8) is 0 Å². The molecule has 0 aliphatic heterocycles. The molecule has 0 fully saturated rings. The smallest absolute Gasteiger partial charge is 0.0925 e. The Hall–Kier alpha value is -1.62. The first kappa shape index (κ1) is 10.9. The Labute approximate surface area is 94.9 Å². The van der Waals surface area contributed by atoms with Crippen LogP contribution in [-0.4, -0.2) is 26.3 Å². The molecular formula is C11H17N5. The van der Waals surface area contributed by atoms with Crippen LogP contribution >= 0.6 is 0 Å². The van der Waals surface area contributed by atoms with E-state index in [2.05, 4.69) is 20.4 Å². The van der Waals surface area contributed by atoms with Crippen molar-refractivity contribution >= 4 is 0 Å². The van der Waals surface area contributed by atoms with E-state index in [1.165, 1.54) is 5.69 Å². The molecule has 0 spiro atoms. The summed E-state index contributed by atoms with van der Waals surface area (Å²) in [6, 6.07) is 2.04. The second-order valence-electron chi connectivity index (χ2n) is 3.85. The molecule has 16 heavy (non-hydrogen) atoms. The molecule has 0 aliphatic rings. The summed E-state index contributed by atoms with van der Waals surface area (Å²) >= 11 is 0. The molecule has 0 bridgehead atoms. The van der Waals surface area contributed by atoms with E-state index in [-0.39, 0.29) is 0 Å². The van der Waals surface area contributed by atoms with E-state index >= 15 is 0 Å². The molecule has 2 aromatic heterocycles. The number of imidazole rings is 1. The Morgan fingerprint density at radius 3 is 3.00 bits per heavy atom. The second-order valence-corrected chi connectivity index (χ2v) is 3.85. The average molecular weight is 219 g/mol. The predicted molar refractivity (Wildman–Crippen MR) is 61.9 cm³/mol. The first-order chi connectivity index (χ1) is 7.77. The first-order valence-corrected chi connectivity index (χ1v) is 5.44. The van der Waals surface area contributed by atoms with Crippen LogP contribution in [0.4, 0.5) is 0 Å². The van der Waals surface area contributed by atoms with Gasteiger partial charge in [0, 0.05) is 44.1 Å². The molecule has 0 aromatic carbocycles. The summed E-state index contributed by atoms with van der Waals surface area (Å²) in [5, 5.41) is 7.50. The Bertz CT molecular complexity index is 400. The van der Waals surface area contributed by atoms with Crippen molar-refractivity contribution in [2.24, 2.45) is 7.05 Å².